The largest absolute Gasteiger partial charge is 0.395 e. The molecule has 1 aromatic carbocycles. The van der Waals surface area contributed by atoms with Gasteiger partial charge in [0, 0.05) is 5.57 Å². The van der Waals surface area contributed by atoms with E-state index in [-0.39, 0.29) is 5.56 Å². The van der Waals surface area contributed by atoms with Crippen molar-refractivity contribution in [2.45, 2.75) is 26.0 Å². The van der Waals surface area contributed by atoms with Crippen molar-refractivity contribution >= 4 is 15.7 Å². The zero-order valence-corrected chi connectivity index (χ0v) is 11.1. The maximum absolute atomic E-state index is 13.5. The second-order valence-electron chi connectivity index (χ2n) is 4.15. The van der Waals surface area contributed by atoms with E-state index in [1.54, 1.807) is 19.9 Å². The molecular formula is C12H14F2O3S. The van der Waals surface area contributed by atoms with E-state index in [4.69, 9.17) is 4.55 Å². The Labute approximate surface area is 105 Å². The van der Waals surface area contributed by atoms with E-state index < -0.39 is 20.9 Å². The lowest BCUT2D eigenvalue weighted by Crippen LogP contribution is -2.29. The van der Waals surface area contributed by atoms with Gasteiger partial charge in [0.15, 0.2) is 0 Å². The molecule has 0 unspecified atom stereocenters. The summed E-state index contributed by atoms with van der Waals surface area (Å²) < 4.78 is 56.9. The Morgan fingerprint density at radius 2 is 1.72 bits per heavy atom. The summed E-state index contributed by atoms with van der Waals surface area (Å²) in [6.45, 7) is 8.26. The van der Waals surface area contributed by atoms with Crippen molar-refractivity contribution in [1.82, 2.24) is 0 Å². The lowest BCUT2D eigenvalue weighted by Gasteiger charge is -2.19. The molecule has 0 aliphatic carbocycles. The van der Waals surface area contributed by atoms with E-state index in [0.717, 1.165) is 11.1 Å². The maximum Gasteiger partial charge on any atom is 0.395 e. The molecule has 0 fully saturated rings. The molecule has 3 nitrogen and oxygen atoms in total. The molecule has 0 bridgehead atoms. The summed E-state index contributed by atoms with van der Waals surface area (Å²) in [4.78, 5) is 0. The molecule has 18 heavy (non-hydrogen) atoms. The zero-order valence-electron chi connectivity index (χ0n) is 10.3. The first-order valence-electron chi connectivity index (χ1n) is 5.11. The lowest BCUT2D eigenvalue weighted by molar-refractivity contribution is 0.145. The van der Waals surface area contributed by atoms with Gasteiger partial charge >= 0.3 is 15.4 Å². The van der Waals surface area contributed by atoms with Crippen LogP contribution in [-0.2, 0) is 10.1 Å². The van der Waals surface area contributed by atoms with Gasteiger partial charge in [0.2, 0.25) is 0 Å². The average molecular weight is 276 g/mol. The van der Waals surface area contributed by atoms with Crippen LogP contribution in [0.5, 0.6) is 0 Å². The van der Waals surface area contributed by atoms with Crippen LogP contribution < -0.4 is 0 Å². The minimum absolute atomic E-state index is 0.0284. The summed E-state index contributed by atoms with van der Waals surface area (Å²) in [6.07, 6.45) is 0. The fourth-order valence-corrected chi connectivity index (χ4v) is 2.02. The molecule has 0 heterocycles. The number of hydrogen-bond donors (Lipinski definition) is 1. The number of alkyl halides is 2. The third kappa shape index (κ3) is 2.30. The molecule has 0 radical (unpaired) electrons. The number of benzene rings is 1. The fourth-order valence-electron chi connectivity index (χ4n) is 1.60. The highest BCUT2D eigenvalue weighted by atomic mass is 32.2. The van der Waals surface area contributed by atoms with E-state index >= 15 is 0 Å². The summed E-state index contributed by atoms with van der Waals surface area (Å²) in [7, 11) is -5.52. The highest BCUT2D eigenvalue weighted by molar-refractivity contribution is 7.87. The van der Waals surface area contributed by atoms with Gasteiger partial charge < -0.3 is 0 Å². The van der Waals surface area contributed by atoms with Crippen LogP contribution in [0.25, 0.3) is 5.57 Å². The van der Waals surface area contributed by atoms with E-state index in [2.05, 4.69) is 6.58 Å². The highest BCUT2D eigenvalue weighted by Gasteiger charge is 2.47. The van der Waals surface area contributed by atoms with Crippen LogP contribution in [0, 0.1) is 20.8 Å². The molecule has 0 saturated carbocycles. The van der Waals surface area contributed by atoms with Gasteiger partial charge in [0.05, 0.1) is 0 Å². The zero-order chi connectivity index (χ0) is 14.3. The first-order chi connectivity index (χ1) is 8.00. The van der Waals surface area contributed by atoms with Crippen molar-refractivity contribution in [3.63, 3.8) is 0 Å². The quantitative estimate of drug-likeness (QED) is 0.863. The predicted octanol–water partition coefficient (Wildman–Crippen LogP) is 3.11. The van der Waals surface area contributed by atoms with Crippen LogP contribution in [0.1, 0.15) is 22.3 Å². The topological polar surface area (TPSA) is 54.4 Å². The fraction of sp³-hybridized carbons (Fsp3) is 0.333. The Balaban J connectivity index is 3.43. The van der Waals surface area contributed by atoms with E-state index in [0.29, 0.717) is 5.56 Å². The van der Waals surface area contributed by atoms with Gasteiger partial charge in [-0.2, -0.15) is 17.2 Å². The standard InChI is InChI=1S/C12H14F2O3S/c1-7-5-6-11(9(3)8(7)2)10(4)12(13,14)18(15,16)17/h5-6H,4H2,1-3H3,(H,15,16,17). The average Bonchev–Trinajstić information content (AvgIpc) is 2.24. The second kappa shape index (κ2) is 4.44. The van der Waals surface area contributed by atoms with Crippen LogP contribution in [0.3, 0.4) is 0 Å². The summed E-state index contributed by atoms with van der Waals surface area (Å²) in [5, 5.41) is -4.39. The smallest absolute Gasteiger partial charge is 0.281 e. The van der Waals surface area contributed by atoms with Gasteiger partial charge in [-0.25, -0.2) is 0 Å². The van der Waals surface area contributed by atoms with E-state index in [9.17, 15) is 17.2 Å². The summed E-state index contributed by atoms with van der Waals surface area (Å²) in [6, 6.07) is 2.97. The molecule has 0 saturated heterocycles. The van der Waals surface area contributed by atoms with Crippen LogP contribution in [-0.4, -0.2) is 18.2 Å². The van der Waals surface area contributed by atoms with Gasteiger partial charge in [-0.05, 0) is 43.0 Å². The molecule has 6 heteroatoms. The molecule has 0 atom stereocenters. The van der Waals surface area contributed by atoms with Crippen LogP contribution in [0.15, 0.2) is 18.7 Å². The Hall–Kier alpha value is -1.27. The molecule has 1 rings (SSSR count). The van der Waals surface area contributed by atoms with Gasteiger partial charge in [0.25, 0.3) is 0 Å². The molecule has 0 amide bonds. The van der Waals surface area contributed by atoms with Crippen LogP contribution in [0.2, 0.25) is 0 Å². The number of hydrogen-bond acceptors (Lipinski definition) is 2. The number of halogens is 2. The van der Waals surface area contributed by atoms with Crippen molar-refractivity contribution in [2.24, 2.45) is 0 Å². The predicted molar refractivity (Wildman–Crippen MR) is 66.2 cm³/mol. The third-order valence-corrected chi connectivity index (χ3v) is 3.95. The van der Waals surface area contributed by atoms with Gasteiger partial charge in [-0.1, -0.05) is 18.7 Å². The molecular weight excluding hydrogens is 262 g/mol. The first kappa shape index (κ1) is 14.8. The van der Waals surface area contributed by atoms with Crippen LogP contribution >= 0.6 is 0 Å². The van der Waals surface area contributed by atoms with Crippen molar-refractivity contribution in [3.8, 4) is 0 Å². The van der Waals surface area contributed by atoms with E-state index in [1.807, 2.05) is 6.92 Å². The molecule has 100 valence electrons. The summed E-state index contributed by atoms with van der Waals surface area (Å²) >= 11 is 0. The lowest BCUT2D eigenvalue weighted by atomic mass is 9.95. The van der Waals surface area contributed by atoms with E-state index in [1.165, 1.54) is 6.07 Å². The molecule has 0 aliphatic heterocycles. The minimum Gasteiger partial charge on any atom is -0.281 e. The SMILES string of the molecule is C=C(c1ccc(C)c(C)c1C)C(F)(F)S(=O)(=O)O. The summed E-state index contributed by atoms with van der Waals surface area (Å²) in [5.41, 5.74) is 1.30. The highest BCUT2D eigenvalue weighted by Crippen LogP contribution is 2.37. The van der Waals surface area contributed by atoms with Crippen molar-refractivity contribution < 1.29 is 21.8 Å². The molecule has 1 N–H and O–H groups in total. The van der Waals surface area contributed by atoms with Gasteiger partial charge in [-0.15, -0.1) is 0 Å². The Morgan fingerprint density at radius 3 is 2.17 bits per heavy atom. The second-order valence-corrected chi connectivity index (χ2v) is 5.61. The van der Waals surface area contributed by atoms with Gasteiger partial charge in [-0.3, -0.25) is 4.55 Å². The molecule has 0 aliphatic rings. The first-order valence-corrected chi connectivity index (χ1v) is 6.55. The molecule has 0 aromatic heterocycles. The Bertz CT molecular complexity index is 604. The normalized spacial score (nSPS) is 12.6. The van der Waals surface area contributed by atoms with Gasteiger partial charge in [0.1, 0.15) is 0 Å². The monoisotopic (exact) mass is 276 g/mol. The third-order valence-electron chi connectivity index (χ3n) is 3.06. The van der Waals surface area contributed by atoms with Crippen molar-refractivity contribution in [1.29, 1.82) is 0 Å². The molecule has 0 spiro atoms. The molecule has 1 aromatic rings. The Morgan fingerprint density at radius 1 is 1.22 bits per heavy atom. The van der Waals surface area contributed by atoms with Crippen molar-refractivity contribution in [3.05, 3.63) is 41.0 Å². The van der Waals surface area contributed by atoms with Crippen LogP contribution in [0.4, 0.5) is 8.78 Å². The Kier molecular flexibility index (Phi) is 3.65. The maximum atomic E-state index is 13.5. The number of rotatable bonds is 3. The van der Waals surface area contributed by atoms with Crippen molar-refractivity contribution in [2.75, 3.05) is 0 Å². The minimum atomic E-state index is -5.52. The summed E-state index contributed by atoms with van der Waals surface area (Å²) in [5.74, 6) is 0. The number of aryl methyl sites for hydroxylation is 1.